The molecule has 9 heteroatoms. The molecule has 0 spiro atoms. The van der Waals surface area contributed by atoms with Gasteiger partial charge in [-0.15, -0.1) is 0 Å². The Hall–Kier alpha value is -3.56. The van der Waals surface area contributed by atoms with Crippen molar-refractivity contribution in [2.24, 2.45) is 10.7 Å². The summed E-state index contributed by atoms with van der Waals surface area (Å²) in [5, 5.41) is 2.85. The zero-order chi connectivity index (χ0) is 26.2. The van der Waals surface area contributed by atoms with E-state index in [2.05, 4.69) is 32.5 Å². The first-order valence-corrected chi connectivity index (χ1v) is 13.4. The van der Waals surface area contributed by atoms with Gasteiger partial charge >= 0.3 is 0 Å². The highest BCUT2D eigenvalue weighted by molar-refractivity contribution is 6.11. The van der Waals surface area contributed by atoms with Crippen molar-refractivity contribution in [3.63, 3.8) is 0 Å². The van der Waals surface area contributed by atoms with Crippen molar-refractivity contribution in [3.05, 3.63) is 70.9 Å². The summed E-state index contributed by atoms with van der Waals surface area (Å²) in [7, 11) is 0. The van der Waals surface area contributed by atoms with Gasteiger partial charge in [-0.2, -0.15) is 0 Å². The third kappa shape index (κ3) is 4.96. The fourth-order valence-electron chi connectivity index (χ4n) is 5.34. The van der Waals surface area contributed by atoms with Crippen molar-refractivity contribution < 1.29 is 13.9 Å². The smallest absolute Gasteiger partial charge is 0.254 e. The molecule has 4 heterocycles. The molecule has 2 aromatic heterocycles. The topological polar surface area (TPSA) is 97.2 Å². The number of carbonyl (C=O) groups is 1. The molecule has 0 radical (unpaired) electrons. The van der Waals surface area contributed by atoms with Crippen LogP contribution in [0.3, 0.4) is 0 Å². The monoisotopic (exact) mass is 516 g/mol. The van der Waals surface area contributed by atoms with Crippen molar-refractivity contribution in [1.29, 1.82) is 0 Å². The average Bonchev–Trinajstić information content (AvgIpc) is 3.61. The largest absolute Gasteiger partial charge is 0.404 e. The molecule has 3 fully saturated rings. The lowest BCUT2D eigenvalue weighted by Crippen LogP contribution is -2.51. The fraction of sp³-hybridized carbons (Fsp3) is 0.414. The average molecular weight is 517 g/mol. The van der Waals surface area contributed by atoms with Crippen molar-refractivity contribution in [1.82, 2.24) is 19.6 Å². The summed E-state index contributed by atoms with van der Waals surface area (Å²) in [6.07, 6.45) is 11.1. The highest BCUT2D eigenvalue weighted by Gasteiger charge is 2.30. The number of halogens is 1. The van der Waals surface area contributed by atoms with Gasteiger partial charge in [0.1, 0.15) is 11.5 Å². The van der Waals surface area contributed by atoms with Gasteiger partial charge in [0.15, 0.2) is 5.82 Å². The molecule has 8 nitrogen and oxygen atoms in total. The minimum absolute atomic E-state index is 0.0144. The number of rotatable bonds is 7. The third-order valence-electron chi connectivity index (χ3n) is 7.94. The van der Waals surface area contributed by atoms with Gasteiger partial charge in [0.25, 0.3) is 5.91 Å². The molecule has 2 aliphatic heterocycles. The van der Waals surface area contributed by atoms with Crippen LogP contribution in [0.4, 0.5) is 10.2 Å². The van der Waals surface area contributed by atoms with E-state index in [0.29, 0.717) is 34.5 Å². The van der Waals surface area contributed by atoms with E-state index in [1.165, 1.54) is 17.8 Å². The lowest BCUT2D eigenvalue weighted by molar-refractivity contribution is -0.0712. The Kier molecular flexibility index (Phi) is 6.71. The number of piperidine rings is 1. The normalized spacial score (nSPS) is 19.8. The number of nitrogens with two attached hydrogens (primary N) is 1. The van der Waals surface area contributed by atoms with Crippen molar-refractivity contribution in [3.8, 4) is 0 Å². The molecule has 6 rings (SSSR count). The van der Waals surface area contributed by atoms with Gasteiger partial charge in [-0.3, -0.25) is 14.1 Å². The summed E-state index contributed by atoms with van der Waals surface area (Å²) in [5.74, 6) is 0.230. The van der Waals surface area contributed by atoms with Gasteiger partial charge in [-0.25, -0.2) is 14.4 Å². The molecule has 1 saturated carbocycles. The Labute approximate surface area is 221 Å². The molecule has 3 N–H and O–H groups in total. The predicted molar refractivity (Wildman–Crippen MR) is 145 cm³/mol. The minimum Gasteiger partial charge on any atom is -0.404 e. The molecule has 2 saturated heterocycles. The molecule has 1 aromatic carbocycles. The summed E-state index contributed by atoms with van der Waals surface area (Å²) in [5.41, 5.74) is 10.0. The number of ether oxygens (including phenoxy) is 1. The Morgan fingerprint density at radius 1 is 1.18 bits per heavy atom. The molecular weight excluding hydrogens is 483 g/mol. The Morgan fingerprint density at radius 3 is 2.66 bits per heavy atom. The van der Waals surface area contributed by atoms with E-state index < -0.39 is 11.7 Å². The number of aromatic nitrogens is 2. The highest BCUT2D eigenvalue weighted by Crippen LogP contribution is 2.31. The predicted octanol–water partition coefficient (Wildman–Crippen LogP) is 3.95. The van der Waals surface area contributed by atoms with Crippen LogP contribution in [0.1, 0.15) is 58.6 Å². The number of pyridine rings is 1. The summed E-state index contributed by atoms with van der Waals surface area (Å²) >= 11 is 0. The van der Waals surface area contributed by atoms with Crippen LogP contribution in [0.15, 0.2) is 47.9 Å². The molecule has 38 heavy (non-hydrogen) atoms. The number of aryl methyl sites for hydroxylation is 1. The Morgan fingerprint density at radius 2 is 1.97 bits per heavy atom. The second-order valence-electron chi connectivity index (χ2n) is 10.6. The highest BCUT2D eigenvalue weighted by atomic mass is 19.1. The first kappa shape index (κ1) is 24.8. The van der Waals surface area contributed by atoms with E-state index in [4.69, 9.17) is 10.5 Å². The van der Waals surface area contributed by atoms with Crippen LogP contribution in [-0.2, 0) is 4.74 Å². The number of fused-ring (bicyclic) bond motifs is 1. The maximum atomic E-state index is 14.6. The number of allylic oxidation sites excluding steroid dienone is 1. The number of carbonyl (C=O) groups excluding carboxylic acids is 1. The van der Waals surface area contributed by atoms with Crippen LogP contribution in [-0.4, -0.2) is 64.8 Å². The van der Waals surface area contributed by atoms with Crippen LogP contribution < -0.4 is 11.1 Å². The number of amides is 1. The van der Waals surface area contributed by atoms with Gasteiger partial charge < -0.3 is 15.8 Å². The van der Waals surface area contributed by atoms with Crippen molar-refractivity contribution in [2.45, 2.75) is 50.6 Å². The maximum Gasteiger partial charge on any atom is 0.254 e. The molecular formula is C29H33FN6O2. The molecule has 1 amide bonds. The van der Waals surface area contributed by atoms with Crippen LogP contribution in [0.25, 0.3) is 11.2 Å². The molecule has 198 valence electrons. The van der Waals surface area contributed by atoms with E-state index in [9.17, 15) is 9.18 Å². The van der Waals surface area contributed by atoms with Crippen LogP contribution in [0.5, 0.6) is 0 Å². The number of nitrogens with zero attached hydrogens (tertiary/aromatic N) is 4. The Balaban J connectivity index is 1.22. The zero-order valence-electron chi connectivity index (χ0n) is 21.6. The molecule has 1 aliphatic carbocycles. The summed E-state index contributed by atoms with van der Waals surface area (Å²) < 4.78 is 22.0. The van der Waals surface area contributed by atoms with Gasteiger partial charge in [-0.05, 0) is 86.5 Å². The van der Waals surface area contributed by atoms with Gasteiger partial charge in [-0.1, -0.05) is 6.07 Å². The van der Waals surface area contributed by atoms with E-state index in [1.54, 1.807) is 25.4 Å². The van der Waals surface area contributed by atoms with Crippen molar-refractivity contribution >= 4 is 29.2 Å². The summed E-state index contributed by atoms with van der Waals surface area (Å²) in [6, 6.07) is 7.87. The summed E-state index contributed by atoms with van der Waals surface area (Å²) in [4.78, 5) is 24.3. The van der Waals surface area contributed by atoms with E-state index in [-0.39, 0.29) is 11.6 Å². The van der Waals surface area contributed by atoms with E-state index in [0.717, 1.165) is 57.6 Å². The zero-order valence-corrected chi connectivity index (χ0v) is 21.6. The standard InChI is InChI=1S/C29H33FN6O2/c1-18-10-26(30)25(29(37)34-22-3-4-22)11-24(18)21(12-31)13-32-28-14-33-27-5-2-20(15-36(27)28)19-6-8-35(9-7-19)23-16-38-17-23/h2,5,10-15,19,22-23H,3-4,6-9,16-17,31H2,1H3,(H,34,37). The fourth-order valence-corrected chi connectivity index (χ4v) is 5.34. The first-order valence-electron chi connectivity index (χ1n) is 13.4. The SMILES string of the molecule is Cc1cc(F)c(C(=O)NC2CC2)cc1C(C=Nc1cnc2ccc(C3CCN(C4COC4)CC3)cn12)=CN. The number of imidazole rings is 1. The maximum absolute atomic E-state index is 14.6. The first-order chi connectivity index (χ1) is 18.5. The number of hydrogen-bond donors (Lipinski definition) is 2. The van der Waals surface area contributed by atoms with Crippen molar-refractivity contribution in [2.75, 3.05) is 26.3 Å². The number of benzene rings is 1. The number of hydrogen-bond acceptors (Lipinski definition) is 6. The van der Waals surface area contributed by atoms with Gasteiger partial charge in [0.05, 0.1) is 31.0 Å². The lowest BCUT2D eigenvalue weighted by Gasteiger charge is -2.41. The molecule has 0 atom stereocenters. The third-order valence-corrected chi connectivity index (χ3v) is 7.94. The Bertz CT molecular complexity index is 1410. The molecule has 0 bridgehead atoms. The van der Waals surface area contributed by atoms with Crippen LogP contribution in [0.2, 0.25) is 0 Å². The number of likely N-dealkylation sites (tertiary alicyclic amines) is 1. The molecule has 3 aromatic rings. The van der Waals surface area contributed by atoms with Crippen LogP contribution >= 0.6 is 0 Å². The van der Waals surface area contributed by atoms with Crippen LogP contribution in [0, 0.1) is 12.7 Å². The van der Waals surface area contributed by atoms with E-state index in [1.807, 2.05) is 10.5 Å². The van der Waals surface area contributed by atoms with Gasteiger partial charge in [0, 0.05) is 30.2 Å². The van der Waals surface area contributed by atoms with E-state index >= 15 is 0 Å². The van der Waals surface area contributed by atoms with Gasteiger partial charge in [0.2, 0.25) is 0 Å². The molecule has 3 aliphatic rings. The minimum atomic E-state index is -0.543. The molecule has 0 unspecified atom stereocenters. The second-order valence-corrected chi connectivity index (χ2v) is 10.6. The summed E-state index contributed by atoms with van der Waals surface area (Å²) in [6.45, 7) is 5.70. The lowest BCUT2D eigenvalue weighted by atomic mass is 9.89. The quantitative estimate of drug-likeness (QED) is 0.464. The second kappa shape index (κ2) is 10.3. The number of nitrogens with one attached hydrogen (secondary N) is 1. The number of aliphatic imine (C=N–C) groups is 1.